The van der Waals surface area contributed by atoms with Gasteiger partial charge in [-0.05, 0) is 78.8 Å². The van der Waals surface area contributed by atoms with E-state index in [2.05, 4.69) is 54.7 Å². The van der Waals surface area contributed by atoms with Gasteiger partial charge in [0.05, 0.1) is 29.7 Å². The highest BCUT2D eigenvalue weighted by molar-refractivity contribution is 6.14. The number of carbonyl (C=O) groups excluding carboxylic acids is 2. The number of rotatable bonds is 8. The third-order valence-electron chi connectivity index (χ3n) is 9.09. The zero-order valence-electron chi connectivity index (χ0n) is 26.9. The highest BCUT2D eigenvalue weighted by Gasteiger charge is 2.34. The van der Waals surface area contributed by atoms with Gasteiger partial charge in [-0.25, -0.2) is 9.80 Å². The maximum Gasteiger partial charge on any atom is 0.349 e. The molecule has 236 valence electrons. The van der Waals surface area contributed by atoms with Gasteiger partial charge in [0.25, 0.3) is 0 Å². The lowest BCUT2D eigenvalue weighted by molar-refractivity contribution is -0.118. The van der Waals surface area contributed by atoms with Crippen molar-refractivity contribution in [2.24, 2.45) is 22.7 Å². The number of hydrogen-bond donors (Lipinski definition) is 2. The number of fused-ring (bicyclic) bond motifs is 1. The highest BCUT2D eigenvalue weighted by atomic mass is 16.2. The zero-order chi connectivity index (χ0) is 32.2. The summed E-state index contributed by atoms with van der Waals surface area (Å²) >= 11 is 0. The molecule has 0 unspecified atom stereocenters. The van der Waals surface area contributed by atoms with Gasteiger partial charge in [0, 0.05) is 17.2 Å². The van der Waals surface area contributed by atoms with E-state index in [9.17, 15) is 9.59 Å². The molecule has 6 rings (SSSR count). The van der Waals surface area contributed by atoms with Crippen molar-refractivity contribution in [3.05, 3.63) is 114 Å². The third-order valence-corrected chi connectivity index (χ3v) is 9.09. The first-order valence-electron chi connectivity index (χ1n) is 16.4. The minimum atomic E-state index is -0.608. The molecule has 0 saturated heterocycles. The number of nitrogens with zero attached hydrogens (tertiary/aromatic N) is 3. The van der Waals surface area contributed by atoms with Crippen LogP contribution >= 0.6 is 0 Å². The predicted molar refractivity (Wildman–Crippen MR) is 187 cm³/mol. The Morgan fingerprint density at radius 2 is 1.61 bits per heavy atom. The summed E-state index contributed by atoms with van der Waals surface area (Å²) < 4.78 is 0. The van der Waals surface area contributed by atoms with Crippen molar-refractivity contribution in [3.63, 3.8) is 0 Å². The van der Waals surface area contributed by atoms with E-state index in [-0.39, 0.29) is 23.8 Å². The van der Waals surface area contributed by atoms with Crippen molar-refractivity contribution in [1.82, 2.24) is 5.01 Å². The molecule has 1 fully saturated rings. The first-order valence-corrected chi connectivity index (χ1v) is 16.4. The van der Waals surface area contributed by atoms with Gasteiger partial charge in [0.1, 0.15) is 0 Å². The average Bonchev–Trinajstić information content (AvgIpc) is 3.19. The van der Waals surface area contributed by atoms with Crippen molar-refractivity contribution >= 4 is 34.7 Å². The summed E-state index contributed by atoms with van der Waals surface area (Å²) in [6.45, 7) is 6.30. The molecule has 3 amide bonds. The molecule has 1 aliphatic heterocycles. The van der Waals surface area contributed by atoms with Gasteiger partial charge in [-0.3, -0.25) is 9.69 Å². The lowest BCUT2D eigenvalue weighted by Crippen LogP contribution is -2.39. The number of urea groups is 1. The van der Waals surface area contributed by atoms with Crippen LogP contribution in [-0.4, -0.2) is 28.7 Å². The lowest BCUT2D eigenvalue weighted by atomic mass is 9.82. The molecule has 0 bridgehead atoms. The van der Waals surface area contributed by atoms with Gasteiger partial charge >= 0.3 is 6.03 Å². The fraction of sp³-hybridized carbons (Fsp3) is 0.308. The van der Waals surface area contributed by atoms with E-state index < -0.39 is 6.04 Å². The average molecular weight is 614 g/mol. The summed E-state index contributed by atoms with van der Waals surface area (Å²) in [5, 5.41) is 9.77. The van der Waals surface area contributed by atoms with E-state index in [0.29, 0.717) is 17.9 Å². The Morgan fingerprint density at radius 3 is 2.30 bits per heavy atom. The second-order valence-electron chi connectivity index (χ2n) is 12.9. The van der Waals surface area contributed by atoms with Crippen LogP contribution in [0.5, 0.6) is 0 Å². The summed E-state index contributed by atoms with van der Waals surface area (Å²) in [6, 6.07) is 31.5. The van der Waals surface area contributed by atoms with Gasteiger partial charge in [-0.2, -0.15) is 5.10 Å². The third kappa shape index (κ3) is 6.75. The molecule has 1 atom stereocenters. The van der Waals surface area contributed by atoms with E-state index >= 15 is 0 Å². The Bertz CT molecular complexity index is 1730. The van der Waals surface area contributed by atoms with Gasteiger partial charge in [-0.15, -0.1) is 0 Å². The first-order chi connectivity index (χ1) is 22.3. The summed E-state index contributed by atoms with van der Waals surface area (Å²) in [5.41, 5.74) is 14.6. The minimum Gasteiger partial charge on any atom is -0.325 e. The van der Waals surface area contributed by atoms with E-state index in [0.717, 1.165) is 59.3 Å². The number of carbonyl (C=O) groups is 2. The number of benzene rings is 4. The van der Waals surface area contributed by atoms with E-state index in [1.807, 2.05) is 68.4 Å². The molecule has 0 radical (unpaired) electrons. The number of hydrazone groups is 1. The Morgan fingerprint density at radius 1 is 0.891 bits per heavy atom. The van der Waals surface area contributed by atoms with Crippen LogP contribution in [0.3, 0.4) is 0 Å². The standard InChI is InChI=1S/C39H43N5O2/c1-26(2)36(40)38(45)41-32-18-20-33(21-19-32)44-35-22-17-31(30-16-10-11-27(3)23-30)24-34(35)37(29-14-8-5-9-15-29)42-43(39(44)46)25-28-12-6-4-7-13-28/h4,6-7,10-13,16-24,26,29,36H,5,8-9,14-15,25,40H2,1-3H3,(H,41,45)/t36-/m0/s1. The first kappa shape index (κ1) is 31.2. The minimum absolute atomic E-state index is 0.0177. The summed E-state index contributed by atoms with van der Waals surface area (Å²) in [5.74, 6) is 0.0420. The SMILES string of the molecule is Cc1cccc(-c2ccc3c(c2)C(C2CCCCC2)=NN(Cc2ccccc2)C(=O)N3c2ccc(NC(=O)[C@@H](N)C(C)C)cc2)c1. The molecule has 2 aliphatic rings. The second kappa shape index (κ2) is 13.7. The Labute approximate surface area is 272 Å². The monoisotopic (exact) mass is 613 g/mol. The van der Waals surface area contributed by atoms with Crippen LogP contribution in [0.2, 0.25) is 0 Å². The Kier molecular flexibility index (Phi) is 9.31. The topological polar surface area (TPSA) is 91.0 Å². The molecule has 1 saturated carbocycles. The second-order valence-corrected chi connectivity index (χ2v) is 12.9. The van der Waals surface area contributed by atoms with E-state index in [1.54, 1.807) is 9.91 Å². The molecule has 0 spiro atoms. The van der Waals surface area contributed by atoms with Crippen molar-refractivity contribution < 1.29 is 9.59 Å². The molecule has 4 aromatic rings. The Hall–Kier alpha value is -4.75. The van der Waals surface area contributed by atoms with Crippen LogP contribution in [0.25, 0.3) is 11.1 Å². The van der Waals surface area contributed by atoms with Crippen LogP contribution in [0.15, 0.2) is 102 Å². The zero-order valence-corrected chi connectivity index (χ0v) is 26.9. The van der Waals surface area contributed by atoms with Crippen molar-refractivity contribution in [1.29, 1.82) is 0 Å². The normalized spacial score (nSPS) is 16.1. The quantitative estimate of drug-likeness (QED) is 0.208. The number of anilines is 3. The maximum atomic E-state index is 14.6. The molecule has 4 aromatic carbocycles. The molecule has 7 nitrogen and oxygen atoms in total. The van der Waals surface area contributed by atoms with Crippen molar-refractivity contribution in [2.45, 2.75) is 65.5 Å². The molecule has 1 aliphatic carbocycles. The number of hydrogen-bond acceptors (Lipinski definition) is 4. The summed E-state index contributed by atoms with van der Waals surface area (Å²) in [4.78, 5) is 29.0. The smallest absolute Gasteiger partial charge is 0.325 e. The van der Waals surface area contributed by atoms with Gasteiger partial charge in [0.15, 0.2) is 0 Å². The molecule has 7 heteroatoms. The van der Waals surface area contributed by atoms with E-state index in [4.69, 9.17) is 10.8 Å². The van der Waals surface area contributed by atoms with Crippen LogP contribution in [0.4, 0.5) is 21.9 Å². The van der Waals surface area contributed by atoms with Gasteiger partial charge in [-0.1, -0.05) is 99.3 Å². The summed E-state index contributed by atoms with van der Waals surface area (Å²) in [7, 11) is 0. The molecule has 0 aromatic heterocycles. The van der Waals surface area contributed by atoms with Crippen molar-refractivity contribution in [2.75, 3.05) is 10.2 Å². The molecule has 46 heavy (non-hydrogen) atoms. The lowest BCUT2D eigenvalue weighted by Gasteiger charge is -2.27. The van der Waals surface area contributed by atoms with Crippen LogP contribution < -0.4 is 16.0 Å². The number of aryl methyl sites for hydroxylation is 1. The molecule has 3 N–H and O–H groups in total. The van der Waals surface area contributed by atoms with Gasteiger partial charge in [0.2, 0.25) is 5.91 Å². The van der Waals surface area contributed by atoms with E-state index in [1.165, 1.54) is 12.0 Å². The molecule has 1 heterocycles. The largest absolute Gasteiger partial charge is 0.349 e. The molecular formula is C39H43N5O2. The number of amides is 3. The number of nitrogens with one attached hydrogen (secondary N) is 1. The Balaban J connectivity index is 1.47. The van der Waals surface area contributed by atoms with Crippen LogP contribution in [0, 0.1) is 18.8 Å². The fourth-order valence-corrected chi connectivity index (χ4v) is 6.39. The maximum absolute atomic E-state index is 14.6. The van der Waals surface area contributed by atoms with Gasteiger partial charge < -0.3 is 11.1 Å². The van der Waals surface area contributed by atoms with Crippen molar-refractivity contribution in [3.8, 4) is 11.1 Å². The molecular weight excluding hydrogens is 570 g/mol. The number of nitrogens with two attached hydrogens (primary N) is 1. The predicted octanol–water partition coefficient (Wildman–Crippen LogP) is 8.64. The highest BCUT2D eigenvalue weighted by Crippen LogP contribution is 2.40. The summed E-state index contributed by atoms with van der Waals surface area (Å²) in [6.07, 6.45) is 5.63. The fourth-order valence-electron chi connectivity index (χ4n) is 6.39. The van der Waals surface area contributed by atoms with Crippen LogP contribution in [0.1, 0.15) is 62.6 Å². The van der Waals surface area contributed by atoms with Crippen LogP contribution in [-0.2, 0) is 11.3 Å².